The van der Waals surface area contributed by atoms with Crippen LogP contribution in [0, 0.1) is 0 Å². The molecule has 126 valence electrons. The Morgan fingerprint density at radius 1 is 1.29 bits per heavy atom. The molecule has 0 bridgehead atoms. The predicted molar refractivity (Wildman–Crippen MR) is 105 cm³/mol. The molecule has 1 saturated heterocycles. The molecule has 2 aliphatic heterocycles. The standard InChI is InChI=1S/C17H18ClN3OS2/c1-3-11-21-15(22)14(24-17(21)19-10-9-18)16-20(4-2)12-7-5-6-8-13(12)23-16/h3,5-8H,1,4,9-11H2,2H3/b16-14-,19-17?. The SMILES string of the molecule is C=CCN1C(=O)/C(=C2/Sc3ccccc3N2CC)SC1=NCCCl. The van der Waals surface area contributed by atoms with E-state index in [1.165, 1.54) is 16.7 Å². The minimum Gasteiger partial charge on any atom is -0.334 e. The van der Waals surface area contributed by atoms with Crippen molar-refractivity contribution in [3.8, 4) is 0 Å². The van der Waals surface area contributed by atoms with Gasteiger partial charge in [0.15, 0.2) is 5.17 Å². The highest BCUT2D eigenvalue weighted by Crippen LogP contribution is 2.50. The molecule has 0 aromatic heterocycles. The number of hydrogen-bond donors (Lipinski definition) is 0. The first-order chi connectivity index (χ1) is 11.7. The maximum absolute atomic E-state index is 12.9. The Labute approximate surface area is 155 Å². The molecule has 1 amide bonds. The van der Waals surface area contributed by atoms with Gasteiger partial charge in [-0.1, -0.05) is 30.0 Å². The molecule has 0 saturated carbocycles. The molecule has 3 rings (SSSR count). The summed E-state index contributed by atoms with van der Waals surface area (Å²) in [7, 11) is 0. The van der Waals surface area contributed by atoms with E-state index < -0.39 is 0 Å². The van der Waals surface area contributed by atoms with Crippen LogP contribution < -0.4 is 4.90 Å². The van der Waals surface area contributed by atoms with Crippen LogP contribution in [0.3, 0.4) is 0 Å². The number of hydrogen-bond acceptors (Lipinski definition) is 5. The monoisotopic (exact) mass is 379 g/mol. The van der Waals surface area contributed by atoms with E-state index in [4.69, 9.17) is 11.6 Å². The van der Waals surface area contributed by atoms with E-state index in [1.807, 2.05) is 12.1 Å². The molecule has 1 aromatic carbocycles. The summed E-state index contributed by atoms with van der Waals surface area (Å²) in [6.07, 6.45) is 1.72. The van der Waals surface area contributed by atoms with Crippen molar-refractivity contribution in [2.75, 3.05) is 30.4 Å². The number of para-hydroxylation sites is 1. The molecule has 4 nitrogen and oxygen atoms in total. The lowest BCUT2D eigenvalue weighted by Crippen LogP contribution is -2.30. The van der Waals surface area contributed by atoms with Gasteiger partial charge in [0.25, 0.3) is 5.91 Å². The lowest BCUT2D eigenvalue weighted by molar-refractivity contribution is -0.121. The van der Waals surface area contributed by atoms with Crippen molar-refractivity contribution in [3.05, 3.63) is 46.9 Å². The summed E-state index contributed by atoms with van der Waals surface area (Å²) in [5.74, 6) is 0.426. The van der Waals surface area contributed by atoms with Crippen LogP contribution in [0.1, 0.15) is 6.92 Å². The number of fused-ring (bicyclic) bond motifs is 1. The molecule has 0 aliphatic carbocycles. The number of anilines is 1. The van der Waals surface area contributed by atoms with Crippen molar-refractivity contribution in [3.63, 3.8) is 0 Å². The Morgan fingerprint density at radius 2 is 2.08 bits per heavy atom. The number of rotatable bonds is 5. The van der Waals surface area contributed by atoms with Crippen LogP contribution in [0.25, 0.3) is 0 Å². The average Bonchev–Trinajstić information content (AvgIpc) is 3.11. The molecule has 0 spiro atoms. The van der Waals surface area contributed by atoms with Crippen molar-refractivity contribution in [1.29, 1.82) is 0 Å². The van der Waals surface area contributed by atoms with Crippen LogP contribution in [0.4, 0.5) is 5.69 Å². The van der Waals surface area contributed by atoms with E-state index in [1.54, 1.807) is 22.7 Å². The molecule has 0 unspecified atom stereocenters. The summed E-state index contributed by atoms with van der Waals surface area (Å²) >= 11 is 8.82. The second-order valence-corrected chi connectivity index (χ2v) is 7.49. The van der Waals surface area contributed by atoms with Crippen molar-refractivity contribution in [1.82, 2.24) is 4.90 Å². The van der Waals surface area contributed by atoms with Crippen LogP contribution in [-0.4, -0.2) is 41.5 Å². The Balaban J connectivity index is 2.01. The molecule has 7 heteroatoms. The number of alkyl halides is 1. The van der Waals surface area contributed by atoms with Gasteiger partial charge in [-0.25, -0.2) is 0 Å². The Hall–Kier alpha value is -1.37. The van der Waals surface area contributed by atoms with Crippen molar-refractivity contribution in [2.45, 2.75) is 11.8 Å². The maximum atomic E-state index is 12.9. The number of amidine groups is 1. The largest absolute Gasteiger partial charge is 0.334 e. The Kier molecular flexibility index (Phi) is 5.58. The first-order valence-electron chi connectivity index (χ1n) is 7.71. The predicted octanol–water partition coefficient (Wildman–Crippen LogP) is 4.14. The fraction of sp³-hybridized carbons (Fsp3) is 0.294. The molecule has 0 radical (unpaired) electrons. The molecule has 0 N–H and O–H groups in total. The lowest BCUT2D eigenvalue weighted by Gasteiger charge is -2.19. The summed E-state index contributed by atoms with van der Waals surface area (Å²) in [4.78, 5) is 23.1. The van der Waals surface area contributed by atoms with Crippen molar-refractivity contribution >= 4 is 51.9 Å². The first-order valence-corrected chi connectivity index (χ1v) is 9.87. The number of amides is 1. The normalized spacial score (nSPS) is 21.8. The topological polar surface area (TPSA) is 35.9 Å². The summed E-state index contributed by atoms with van der Waals surface area (Å²) in [5, 5.41) is 1.69. The molecule has 1 fully saturated rings. The van der Waals surface area contributed by atoms with E-state index in [0.29, 0.717) is 24.1 Å². The molecule has 2 aliphatic rings. The molecular formula is C17H18ClN3OS2. The molecular weight excluding hydrogens is 362 g/mol. The minimum absolute atomic E-state index is 0.0121. The van der Waals surface area contributed by atoms with E-state index in [0.717, 1.165) is 22.2 Å². The number of carbonyl (C=O) groups excluding carboxylic acids is 1. The van der Waals surface area contributed by atoms with Gasteiger partial charge in [-0.3, -0.25) is 14.7 Å². The molecule has 2 heterocycles. The van der Waals surface area contributed by atoms with E-state index in [-0.39, 0.29) is 5.91 Å². The van der Waals surface area contributed by atoms with Crippen LogP contribution in [0.5, 0.6) is 0 Å². The van der Waals surface area contributed by atoms with Crippen molar-refractivity contribution < 1.29 is 4.79 Å². The fourth-order valence-electron chi connectivity index (χ4n) is 2.60. The summed E-state index contributed by atoms with van der Waals surface area (Å²) in [5.41, 5.74) is 1.15. The van der Waals surface area contributed by atoms with Gasteiger partial charge in [-0.2, -0.15) is 0 Å². The zero-order valence-electron chi connectivity index (χ0n) is 13.4. The summed E-state index contributed by atoms with van der Waals surface area (Å²) in [6, 6.07) is 8.22. The number of benzene rings is 1. The highest BCUT2D eigenvalue weighted by Gasteiger charge is 2.38. The van der Waals surface area contributed by atoms with Crippen LogP contribution in [-0.2, 0) is 4.79 Å². The molecule has 0 atom stereocenters. The van der Waals surface area contributed by atoms with Gasteiger partial charge in [-0.15, -0.1) is 18.2 Å². The second-order valence-electron chi connectivity index (χ2n) is 5.11. The zero-order valence-corrected chi connectivity index (χ0v) is 15.8. The van der Waals surface area contributed by atoms with Gasteiger partial charge < -0.3 is 4.90 Å². The third-order valence-corrected chi connectivity index (χ3v) is 6.21. The summed E-state index contributed by atoms with van der Waals surface area (Å²) in [6.45, 7) is 7.60. The quantitative estimate of drug-likeness (QED) is 0.437. The van der Waals surface area contributed by atoms with Crippen LogP contribution >= 0.6 is 35.1 Å². The number of nitrogens with zero attached hydrogens (tertiary/aromatic N) is 3. The summed E-state index contributed by atoms with van der Waals surface area (Å²) < 4.78 is 0. The zero-order chi connectivity index (χ0) is 17.1. The van der Waals surface area contributed by atoms with Crippen LogP contribution in [0.2, 0.25) is 0 Å². The van der Waals surface area contributed by atoms with Crippen molar-refractivity contribution in [2.24, 2.45) is 4.99 Å². The van der Waals surface area contributed by atoms with Gasteiger partial charge >= 0.3 is 0 Å². The Bertz CT molecular complexity index is 732. The number of thioether (sulfide) groups is 2. The van der Waals surface area contributed by atoms with Gasteiger partial charge in [0.2, 0.25) is 0 Å². The maximum Gasteiger partial charge on any atom is 0.269 e. The van der Waals surface area contributed by atoms with E-state index in [2.05, 4.69) is 35.5 Å². The lowest BCUT2D eigenvalue weighted by atomic mass is 10.3. The second kappa shape index (κ2) is 7.68. The first kappa shape index (κ1) is 17.5. The van der Waals surface area contributed by atoms with Crippen LogP contribution in [0.15, 0.2) is 56.7 Å². The third-order valence-electron chi connectivity index (χ3n) is 3.63. The molecule has 1 aromatic rings. The highest BCUT2D eigenvalue weighted by molar-refractivity contribution is 8.19. The van der Waals surface area contributed by atoms with Gasteiger partial charge in [0.05, 0.1) is 12.2 Å². The number of halogens is 1. The fourth-order valence-corrected chi connectivity index (χ4v) is 5.09. The van der Waals surface area contributed by atoms with Gasteiger partial charge in [0.1, 0.15) is 9.93 Å². The number of aliphatic imine (C=N–C) groups is 1. The molecule has 24 heavy (non-hydrogen) atoms. The smallest absolute Gasteiger partial charge is 0.269 e. The third kappa shape index (κ3) is 3.10. The van der Waals surface area contributed by atoms with E-state index >= 15 is 0 Å². The highest BCUT2D eigenvalue weighted by atomic mass is 35.5. The minimum atomic E-state index is -0.0121. The van der Waals surface area contributed by atoms with E-state index in [9.17, 15) is 4.79 Å². The van der Waals surface area contributed by atoms with Gasteiger partial charge in [0, 0.05) is 23.9 Å². The average molecular weight is 380 g/mol. The number of carbonyl (C=O) groups is 1. The van der Waals surface area contributed by atoms with Gasteiger partial charge in [-0.05, 0) is 30.8 Å². The Morgan fingerprint density at radius 3 is 2.79 bits per heavy atom.